The number of carbonyl (C=O) groups excluding carboxylic acids is 2. The highest BCUT2D eigenvalue weighted by molar-refractivity contribution is 8.04. The van der Waals surface area contributed by atoms with Crippen LogP contribution in [-0.4, -0.2) is 17.9 Å². The summed E-state index contributed by atoms with van der Waals surface area (Å²) in [5.41, 5.74) is 0.801. The third-order valence-electron chi connectivity index (χ3n) is 4.88. The summed E-state index contributed by atoms with van der Waals surface area (Å²) in [6.07, 6.45) is 4.82. The van der Waals surface area contributed by atoms with Crippen LogP contribution < -0.4 is 10.6 Å². The molecule has 1 heterocycles. The molecule has 2 amide bonds. The van der Waals surface area contributed by atoms with Crippen LogP contribution in [0.5, 0.6) is 0 Å². The van der Waals surface area contributed by atoms with E-state index in [4.69, 9.17) is 0 Å². The molecule has 0 saturated heterocycles. The molecule has 0 aromatic heterocycles. The first-order chi connectivity index (χ1) is 11.0. The molecule has 1 aromatic carbocycles. The standard InChI is InChI=1S/C18H22N2O2S/c1-11-6-5-8-13(12(11)2)19-17(21)10-16-18(22)20-14-7-3-4-9-15(14)23-16/h3-4,7,9-13H,5-6,8H2,1-2H3,(H,19,21)(H,20,22)/b16-10-/t11-,12-,13-/m1/s1. The van der Waals surface area contributed by atoms with Crippen molar-refractivity contribution >= 4 is 29.3 Å². The zero-order chi connectivity index (χ0) is 16.4. The summed E-state index contributed by atoms with van der Waals surface area (Å²) in [6.45, 7) is 4.43. The molecule has 1 saturated carbocycles. The summed E-state index contributed by atoms with van der Waals surface area (Å²) < 4.78 is 0. The lowest BCUT2D eigenvalue weighted by Crippen LogP contribution is -2.43. The topological polar surface area (TPSA) is 58.2 Å². The molecule has 5 heteroatoms. The molecule has 3 atom stereocenters. The third-order valence-corrected chi connectivity index (χ3v) is 5.97. The van der Waals surface area contributed by atoms with Crippen LogP contribution >= 0.6 is 11.8 Å². The van der Waals surface area contributed by atoms with E-state index in [9.17, 15) is 9.59 Å². The molecule has 0 spiro atoms. The summed E-state index contributed by atoms with van der Waals surface area (Å²) in [6, 6.07) is 7.81. The van der Waals surface area contributed by atoms with E-state index < -0.39 is 0 Å². The van der Waals surface area contributed by atoms with Crippen molar-refractivity contribution in [3.05, 3.63) is 35.2 Å². The quantitative estimate of drug-likeness (QED) is 0.815. The Morgan fingerprint density at radius 1 is 1.30 bits per heavy atom. The Kier molecular flexibility index (Phi) is 4.76. The highest BCUT2D eigenvalue weighted by Gasteiger charge is 2.28. The number of fused-ring (bicyclic) bond motifs is 1. The molecular formula is C18H22N2O2S. The molecule has 1 aliphatic heterocycles. The van der Waals surface area contributed by atoms with E-state index in [2.05, 4.69) is 24.5 Å². The number of thioether (sulfide) groups is 1. The van der Waals surface area contributed by atoms with Crippen LogP contribution in [0.15, 0.2) is 40.1 Å². The number of amides is 2. The van der Waals surface area contributed by atoms with Gasteiger partial charge in [0.15, 0.2) is 0 Å². The van der Waals surface area contributed by atoms with Crippen molar-refractivity contribution in [3.8, 4) is 0 Å². The van der Waals surface area contributed by atoms with Crippen molar-refractivity contribution < 1.29 is 9.59 Å². The Balaban J connectivity index is 1.69. The summed E-state index contributed by atoms with van der Waals surface area (Å²) >= 11 is 1.35. The molecule has 2 aliphatic rings. The Bertz CT molecular complexity index is 656. The fourth-order valence-electron chi connectivity index (χ4n) is 3.23. The fraction of sp³-hybridized carbons (Fsp3) is 0.444. The van der Waals surface area contributed by atoms with Gasteiger partial charge in [0.1, 0.15) is 0 Å². The van der Waals surface area contributed by atoms with Crippen molar-refractivity contribution in [2.45, 2.75) is 44.0 Å². The van der Waals surface area contributed by atoms with Gasteiger partial charge < -0.3 is 10.6 Å². The lowest BCUT2D eigenvalue weighted by Gasteiger charge is -2.34. The number of nitrogens with one attached hydrogen (secondary N) is 2. The SMILES string of the molecule is C[C@@H]1[C@H](C)CCC[C@H]1NC(=O)/C=C1\Sc2ccccc2NC1=O. The fourth-order valence-corrected chi connectivity index (χ4v) is 4.15. The zero-order valence-electron chi connectivity index (χ0n) is 13.5. The van der Waals surface area contributed by atoms with Crippen molar-refractivity contribution in [2.24, 2.45) is 11.8 Å². The lowest BCUT2D eigenvalue weighted by molar-refractivity contribution is -0.118. The number of hydrogen-bond donors (Lipinski definition) is 2. The van der Waals surface area contributed by atoms with E-state index in [1.54, 1.807) is 0 Å². The summed E-state index contributed by atoms with van der Waals surface area (Å²) in [4.78, 5) is 25.8. The van der Waals surface area contributed by atoms with Crippen LogP contribution in [-0.2, 0) is 9.59 Å². The van der Waals surface area contributed by atoms with Gasteiger partial charge in [0.25, 0.3) is 5.91 Å². The van der Waals surface area contributed by atoms with Gasteiger partial charge in [-0.25, -0.2) is 0 Å². The van der Waals surface area contributed by atoms with Gasteiger partial charge in [-0.2, -0.15) is 0 Å². The first-order valence-corrected chi connectivity index (χ1v) is 8.96. The van der Waals surface area contributed by atoms with Gasteiger partial charge >= 0.3 is 0 Å². The highest BCUT2D eigenvalue weighted by Crippen LogP contribution is 2.37. The van der Waals surface area contributed by atoms with E-state index in [0.29, 0.717) is 16.7 Å². The largest absolute Gasteiger partial charge is 0.350 e. The molecule has 4 nitrogen and oxygen atoms in total. The minimum atomic E-state index is -0.214. The molecule has 23 heavy (non-hydrogen) atoms. The van der Waals surface area contributed by atoms with Crippen molar-refractivity contribution in [1.29, 1.82) is 0 Å². The lowest BCUT2D eigenvalue weighted by atomic mass is 9.78. The maximum absolute atomic E-state index is 12.3. The molecule has 2 N–H and O–H groups in total. The van der Waals surface area contributed by atoms with Crippen LogP contribution in [0.1, 0.15) is 33.1 Å². The van der Waals surface area contributed by atoms with Crippen LogP contribution in [0, 0.1) is 11.8 Å². The first kappa shape index (κ1) is 16.1. The Morgan fingerprint density at radius 3 is 2.91 bits per heavy atom. The predicted octanol–water partition coefficient (Wildman–Crippen LogP) is 3.56. The summed E-state index contributed by atoms with van der Waals surface area (Å²) in [5, 5.41) is 5.91. The molecule has 1 aliphatic carbocycles. The number of anilines is 1. The molecule has 0 radical (unpaired) electrons. The molecule has 1 aromatic rings. The van der Waals surface area contributed by atoms with Gasteiger partial charge in [-0.1, -0.05) is 50.6 Å². The third kappa shape index (κ3) is 3.61. The molecule has 122 valence electrons. The van der Waals surface area contributed by atoms with Crippen LogP contribution in [0.3, 0.4) is 0 Å². The highest BCUT2D eigenvalue weighted by atomic mass is 32.2. The normalized spacial score (nSPS) is 28.9. The van der Waals surface area contributed by atoms with Gasteiger partial charge in [0.2, 0.25) is 5.91 Å². The summed E-state index contributed by atoms with van der Waals surface area (Å²) in [7, 11) is 0. The van der Waals surface area contributed by atoms with Crippen molar-refractivity contribution in [3.63, 3.8) is 0 Å². The number of rotatable bonds is 2. The molecular weight excluding hydrogens is 308 g/mol. The Hall–Kier alpha value is -1.75. The minimum absolute atomic E-state index is 0.173. The average Bonchev–Trinajstić information content (AvgIpc) is 2.52. The van der Waals surface area contributed by atoms with Crippen molar-refractivity contribution in [2.75, 3.05) is 5.32 Å². The van der Waals surface area contributed by atoms with E-state index in [1.807, 2.05) is 24.3 Å². The second-order valence-corrected chi connectivity index (χ2v) is 7.53. The van der Waals surface area contributed by atoms with Crippen LogP contribution in [0.25, 0.3) is 0 Å². The molecule has 0 unspecified atom stereocenters. The van der Waals surface area contributed by atoms with Gasteiger partial charge in [-0.3, -0.25) is 9.59 Å². The van der Waals surface area contributed by atoms with Crippen LogP contribution in [0.4, 0.5) is 5.69 Å². The number of hydrogen-bond acceptors (Lipinski definition) is 3. The van der Waals surface area contributed by atoms with E-state index >= 15 is 0 Å². The number of para-hydroxylation sites is 1. The smallest absolute Gasteiger partial charge is 0.262 e. The molecule has 0 bridgehead atoms. The second-order valence-electron chi connectivity index (χ2n) is 6.44. The first-order valence-electron chi connectivity index (χ1n) is 8.15. The van der Waals surface area contributed by atoms with Gasteiger partial charge in [0.05, 0.1) is 10.6 Å². The monoisotopic (exact) mass is 330 g/mol. The average molecular weight is 330 g/mol. The van der Waals surface area contributed by atoms with E-state index in [0.717, 1.165) is 23.4 Å². The van der Waals surface area contributed by atoms with E-state index in [-0.39, 0.29) is 17.9 Å². The number of benzene rings is 1. The van der Waals surface area contributed by atoms with Crippen molar-refractivity contribution in [1.82, 2.24) is 5.32 Å². The predicted molar refractivity (Wildman–Crippen MR) is 93.1 cm³/mol. The van der Waals surface area contributed by atoms with Gasteiger partial charge in [0, 0.05) is 17.0 Å². The summed E-state index contributed by atoms with van der Waals surface area (Å²) in [5.74, 6) is 0.711. The maximum atomic E-state index is 12.3. The second kappa shape index (κ2) is 6.79. The van der Waals surface area contributed by atoms with Crippen LogP contribution in [0.2, 0.25) is 0 Å². The Morgan fingerprint density at radius 2 is 2.09 bits per heavy atom. The molecule has 3 rings (SSSR count). The molecule has 1 fully saturated rings. The van der Waals surface area contributed by atoms with Gasteiger partial charge in [-0.05, 0) is 30.4 Å². The minimum Gasteiger partial charge on any atom is -0.350 e. The zero-order valence-corrected chi connectivity index (χ0v) is 14.3. The Labute approximate surface area is 141 Å². The maximum Gasteiger partial charge on any atom is 0.262 e. The van der Waals surface area contributed by atoms with E-state index in [1.165, 1.54) is 24.3 Å². The van der Waals surface area contributed by atoms with Gasteiger partial charge in [-0.15, -0.1) is 0 Å². The number of carbonyl (C=O) groups is 2.